The van der Waals surface area contributed by atoms with E-state index in [9.17, 15) is 25.1 Å². The van der Waals surface area contributed by atoms with Crippen LogP contribution >= 0.6 is 15.9 Å². The molecule has 0 unspecified atom stereocenters. The van der Waals surface area contributed by atoms with Gasteiger partial charge in [-0.15, -0.1) is 0 Å². The molecule has 118 valence electrons. The van der Waals surface area contributed by atoms with E-state index in [0.717, 1.165) is 18.3 Å². The number of aliphatic imine (C=N–C) groups is 1. The fourth-order valence-electron chi connectivity index (χ4n) is 1.76. The first-order chi connectivity index (χ1) is 10.8. The molecule has 8 nitrogen and oxygen atoms in total. The highest BCUT2D eigenvalue weighted by Gasteiger charge is 2.17. The molecule has 0 bridgehead atoms. The Labute approximate surface area is 137 Å². The van der Waals surface area contributed by atoms with Gasteiger partial charge in [0.25, 0.3) is 0 Å². The lowest BCUT2D eigenvalue weighted by Crippen LogP contribution is -1.96. The average molecular weight is 381 g/mol. The monoisotopic (exact) mass is 380 g/mol. The van der Waals surface area contributed by atoms with Gasteiger partial charge in [0.15, 0.2) is 0 Å². The Morgan fingerprint density at radius 1 is 1.26 bits per heavy atom. The number of halogens is 1. The third kappa shape index (κ3) is 3.64. The molecule has 0 aromatic heterocycles. The summed E-state index contributed by atoms with van der Waals surface area (Å²) in [5.74, 6) is -2.28. The predicted molar refractivity (Wildman–Crippen MR) is 84.8 cm³/mol. The number of phenolic OH excluding ortho intramolecular Hbond substituents is 1. The second-order valence-electron chi connectivity index (χ2n) is 4.38. The van der Waals surface area contributed by atoms with E-state index in [4.69, 9.17) is 5.11 Å². The second kappa shape index (κ2) is 6.44. The van der Waals surface area contributed by atoms with Crippen LogP contribution < -0.4 is 0 Å². The lowest BCUT2D eigenvalue weighted by Gasteiger charge is -2.03. The molecule has 9 heteroatoms. The Balaban J connectivity index is 2.43. The topological polar surface area (TPSA) is 133 Å². The zero-order chi connectivity index (χ0) is 17.1. The molecule has 0 amide bonds. The molecule has 2 aromatic carbocycles. The summed E-state index contributed by atoms with van der Waals surface area (Å²) in [5.41, 5.74) is -0.542. The van der Waals surface area contributed by atoms with Crippen LogP contribution in [0.2, 0.25) is 0 Å². The number of aromatic hydroxyl groups is 2. The van der Waals surface area contributed by atoms with Crippen molar-refractivity contribution in [2.24, 2.45) is 4.99 Å². The van der Waals surface area contributed by atoms with E-state index in [2.05, 4.69) is 20.9 Å². The number of carbonyl (C=O) groups is 1. The number of nitrogens with zero attached hydrogens (tertiary/aromatic N) is 2. The highest BCUT2D eigenvalue weighted by Crippen LogP contribution is 2.33. The lowest BCUT2D eigenvalue weighted by molar-refractivity contribution is -0.385. The smallest absolute Gasteiger partial charge is 0.339 e. The van der Waals surface area contributed by atoms with Crippen molar-refractivity contribution in [1.29, 1.82) is 0 Å². The van der Waals surface area contributed by atoms with Crippen LogP contribution in [0.5, 0.6) is 11.5 Å². The maximum atomic E-state index is 10.9. The Morgan fingerprint density at radius 3 is 2.57 bits per heavy atom. The highest BCUT2D eigenvalue weighted by molar-refractivity contribution is 9.10. The van der Waals surface area contributed by atoms with Gasteiger partial charge >= 0.3 is 11.7 Å². The largest absolute Gasteiger partial charge is 0.507 e. The van der Waals surface area contributed by atoms with Gasteiger partial charge in [-0.3, -0.25) is 15.1 Å². The number of hydrogen-bond donors (Lipinski definition) is 3. The van der Waals surface area contributed by atoms with Crippen molar-refractivity contribution in [2.45, 2.75) is 0 Å². The number of nitro benzene ring substituents is 1. The quantitative estimate of drug-likeness (QED) is 0.423. The zero-order valence-corrected chi connectivity index (χ0v) is 12.9. The molecule has 0 atom stereocenters. The van der Waals surface area contributed by atoms with Crippen molar-refractivity contribution in [2.75, 3.05) is 0 Å². The van der Waals surface area contributed by atoms with Crippen molar-refractivity contribution in [3.05, 3.63) is 56.0 Å². The van der Waals surface area contributed by atoms with Gasteiger partial charge in [-0.05, 0) is 24.3 Å². The molecular formula is C14H9BrN2O6. The minimum Gasteiger partial charge on any atom is -0.507 e. The second-order valence-corrected chi connectivity index (χ2v) is 5.30. The van der Waals surface area contributed by atoms with Crippen molar-refractivity contribution < 1.29 is 25.0 Å². The molecule has 0 heterocycles. The van der Waals surface area contributed by atoms with E-state index in [-0.39, 0.29) is 16.8 Å². The van der Waals surface area contributed by atoms with Crippen LogP contribution in [0.4, 0.5) is 11.4 Å². The van der Waals surface area contributed by atoms with E-state index in [1.807, 2.05) is 0 Å². The number of carboxylic acids is 1. The van der Waals surface area contributed by atoms with Crippen molar-refractivity contribution in [3.8, 4) is 11.5 Å². The number of hydrogen-bond acceptors (Lipinski definition) is 6. The Bertz CT molecular complexity index is 834. The molecule has 0 fully saturated rings. The molecule has 0 saturated carbocycles. The van der Waals surface area contributed by atoms with Crippen LogP contribution in [0.25, 0.3) is 0 Å². The summed E-state index contributed by atoms with van der Waals surface area (Å²) in [6.45, 7) is 0. The van der Waals surface area contributed by atoms with Crippen LogP contribution in [-0.4, -0.2) is 32.4 Å². The number of carboxylic acid groups (broad SMARTS) is 1. The first-order valence-electron chi connectivity index (χ1n) is 6.07. The minimum atomic E-state index is -1.32. The van der Waals surface area contributed by atoms with Gasteiger partial charge in [0.05, 0.1) is 10.6 Å². The highest BCUT2D eigenvalue weighted by atomic mass is 79.9. The third-order valence-electron chi connectivity index (χ3n) is 2.84. The average Bonchev–Trinajstić information content (AvgIpc) is 2.48. The molecule has 0 aliphatic carbocycles. The summed E-state index contributed by atoms with van der Waals surface area (Å²) in [6.07, 6.45) is 1.16. The van der Waals surface area contributed by atoms with Gasteiger partial charge in [-0.2, -0.15) is 0 Å². The molecule has 23 heavy (non-hydrogen) atoms. The normalized spacial score (nSPS) is 10.8. The van der Waals surface area contributed by atoms with Gasteiger partial charge < -0.3 is 15.3 Å². The molecule has 0 aliphatic heterocycles. The fraction of sp³-hybridized carbons (Fsp3) is 0. The molecule has 0 radical (unpaired) electrons. The van der Waals surface area contributed by atoms with Gasteiger partial charge in [-0.1, -0.05) is 15.9 Å². The number of aromatic carboxylic acids is 1. The first-order valence-corrected chi connectivity index (χ1v) is 6.86. The third-order valence-corrected chi connectivity index (χ3v) is 3.30. The number of phenols is 2. The first kappa shape index (κ1) is 16.4. The summed E-state index contributed by atoms with van der Waals surface area (Å²) in [6, 6.07) is 6.23. The SMILES string of the molecule is O=C(O)c1cc(N=Cc2cc(Br)cc([N+](=O)[O-])c2O)ccc1O. The van der Waals surface area contributed by atoms with E-state index in [1.54, 1.807) is 0 Å². The van der Waals surface area contributed by atoms with E-state index >= 15 is 0 Å². The molecule has 2 aromatic rings. The summed E-state index contributed by atoms with van der Waals surface area (Å²) in [4.78, 5) is 25.0. The van der Waals surface area contributed by atoms with Gasteiger partial charge in [0.2, 0.25) is 5.75 Å². The van der Waals surface area contributed by atoms with Crippen LogP contribution in [0.3, 0.4) is 0 Å². The van der Waals surface area contributed by atoms with Crippen molar-refractivity contribution in [1.82, 2.24) is 0 Å². The molecule has 2 rings (SSSR count). The van der Waals surface area contributed by atoms with E-state index in [1.165, 1.54) is 18.2 Å². The van der Waals surface area contributed by atoms with Crippen LogP contribution in [0.15, 0.2) is 39.8 Å². The standard InChI is InChI=1S/C14H9BrN2O6/c15-8-3-7(13(19)11(4-8)17(22)23)6-16-9-1-2-12(18)10(5-9)14(20)21/h1-6,18-19H,(H,20,21). The Morgan fingerprint density at radius 2 is 1.96 bits per heavy atom. The van der Waals surface area contributed by atoms with Crippen molar-refractivity contribution >= 4 is 39.5 Å². The summed E-state index contributed by atoms with van der Waals surface area (Å²) in [7, 11) is 0. The summed E-state index contributed by atoms with van der Waals surface area (Å²) < 4.78 is 0.375. The molecule has 0 aliphatic rings. The number of nitro groups is 1. The van der Waals surface area contributed by atoms with Gasteiger partial charge in [0.1, 0.15) is 11.3 Å². The zero-order valence-electron chi connectivity index (χ0n) is 11.3. The Kier molecular flexibility index (Phi) is 4.60. The molecular weight excluding hydrogens is 372 g/mol. The maximum Gasteiger partial charge on any atom is 0.339 e. The predicted octanol–water partition coefficient (Wildman–Crippen LogP) is 3.22. The minimum absolute atomic E-state index is 0.0797. The molecule has 3 N–H and O–H groups in total. The summed E-state index contributed by atoms with van der Waals surface area (Å²) >= 11 is 3.09. The van der Waals surface area contributed by atoms with Crippen molar-refractivity contribution in [3.63, 3.8) is 0 Å². The number of rotatable bonds is 4. The number of benzene rings is 2. The van der Waals surface area contributed by atoms with Crippen LogP contribution in [0.1, 0.15) is 15.9 Å². The Hall–Kier alpha value is -2.94. The van der Waals surface area contributed by atoms with Gasteiger partial charge in [0, 0.05) is 22.3 Å². The maximum absolute atomic E-state index is 10.9. The summed E-state index contributed by atoms with van der Waals surface area (Å²) in [5, 5.41) is 39.0. The van der Waals surface area contributed by atoms with E-state index in [0.29, 0.717) is 4.47 Å². The lowest BCUT2D eigenvalue weighted by atomic mass is 10.1. The molecule has 0 saturated heterocycles. The molecule has 0 spiro atoms. The fourth-order valence-corrected chi connectivity index (χ4v) is 2.23. The van der Waals surface area contributed by atoms with Gasteiger partial charge in [-0.25, -0.2) is 4.79 Å². The van der Waals surface area contributed by atoms with Crippen LogP contribution in [-0.2, 0) is 0 Å². The van der Waals surface area contributed by atoms with E-state index < -0.39 is 28.1 Å². The van der Waals surface area contributed by atoms with Crippen LogP contribution in [0, 0.1) is 10.1 Å².